The maximum absolute atomic E-state index is 12.2. The Hall–Kier alpha value is -2.24. The molecule has 1 aromatic carbocycles. The van der Waals surface area contributed by atoms with Crippen molar-refractivity contribution in [2.75, 3.05) is 26.8 Å². The monoisotopic (exact) mass is 320 g/mol. The molecule has 2 amide bonds. The molecule has 0 radical (unpaired) electrons. The zero-order valence-electron chi connectivity index (χ0n) is 13.7. The Kier molecular flexibility index (Phi) is 6.26. The van der Waals surface area contributed by atoms with Gasteiger partial charge in [0.1, 0.15) is 5.75 Å². The van der Waals surface area contributed by atoms with Crippen LogP contribution in [-0.2, 0) is 16.0 Å². The fourth-order valence-electron chi connectivity index (χ4n) is 2.67. The molecule has 2 rings (SSSR count). The first kappa shape index (κ1) is 17.1. The molecule has 1 aromatic rings. The van der Waals surface area contributed by atoms with Crippen LogP contribution in [0.15, 0.2) is 24.3 Å². The van der Waals surface area contributed by atoms with E-state index in [9.17, 15) is 9.59 Å². The van der Waals surface area contributed by atoms with Gasteiger partial charge in [0.25, 0.3) is 5.91 Å². The molecule has 6 heteroatoms. The van der Waals surface area contributed by atoms with Crippen molar-refractivity contribution >= 4 is 12.0 Å². The normalized spacial score (nSPS) is 15.1. The van der Waals surface area contributed by atoms with Crippen molar-refractivity contribution in [2.24, 2.45) is 0 Å². The van der Waals surface area contributed by atoms with Gasteiger partial charge in [-0.1, -0.05) is 25.1 Å². The van der Waals surface area contributed by atoms with E-state index in [-0.39, 0.29) is 18.6 Å². The number of hydrogen-bond acceptors (Lipinski definition) is 4. The van der Waals surface area contributed by atoms with Gasteiger partial charge < -0.3 is 19.7 Å². The molecule has 1 N–H and O–H groups in total. The molecule has 0 spiro atoms. The molecule has 0 aliphatic carbocycles. The summed E-state index contributed by atoms with van der Waals surface area (Å²) < 4.78 is 10.3. The third-order valence-electron chi connectivity index (χ3n) is 4.06. The SMILES string of the molecule is CCc1ccccc1OCC(=O)N1CCC(NC(=O)OC)CC1. The molecule has 0 aromatic heterocycles. The Bertz CT molecular complexity index is 539. The van der Waals surface area contributed by atoms with Crippen molar-refractivity contribution in [3.05, 3.63) is 29.8 Å². The van der Waals surface area contributed by atoms with E-state index in [0.717, 1.165) is 30.6 Å². The van der Waals surface area contributed by atoms with E-state index in [1.54, 1.807) is 4.90 Å². The standard InChI is InChI=1S/C17H24N2O4/c1-3-13-6-4-5-7-15(13)23-12-16(20)19-10-8-14(9-11-19)18-17(21)22-2/h4-7,14H,3,8-12H2,1-2H3,(H,18,21). The lowest BCUT2D eigenvalue weighted by atomic mass is 10.1. The maximum Gasteiger partial charge on any atom is 0.407 e. The molecule has 0 saturated carbocycles. The summed E-state index contributed by atoms with van der Waals surface area (Å²) in [5.74, 6) is 0.748. The summed E-state index contributed by atoms with van der Waals surface area (Å²) in [5, 5.41) is 2.77. The second-order valence-corrected chi connectivity index (χ2v) is 5.54. The van der Waals surface area contributed by atoms with Gasteiger partial charge in [-0.15, -0.1) is 0 Å². The minimum absolute atomic E-state index is 0.0209. The summed E-state index contributed by atoms with van der Waals surface area (Å²) in [5.41, 5.74) is 1.10. The smallest absolute Gasteiger partial charge is 0.407 e. The van der Waals surface area contributed by atoms with E-state index in [1.807, 2.05) is 24.3 Å². The van der Waals surface area contributed by atoms with Crippen LogP contribution in [0.3, 0.4) is 0 Å². The van der Waals surface area contributed by atoms with Crippen molar-refractivity contribution in [3.8, 4) is 5.75 Å². The third kappa shape index (κ3) is 4.87. The van der Waals surface area contributed by atoms with Crippen LogP contribution in [0.5, 0.6) is 5.75 Å². The van der Waals surface area contributed by atoms with Gasteiger partial charge in [-0.25, -0.2) is 4.79 Å². The highest BCUT2D eigenvalue weighted by Crippen LogP contribution is 2.18. The molecule has 0 bridgehead atoms. The fourth-order valence-corrected chi connectivity index (χ4v) is 2.67. The number of likely N-dealkylation sites (tertiary alicyclic amines) is 1. The molecule has 23 heavy (non-hydrogen) atoms. The number of nitrogens with zero attached hydrogens (tertiary/aromatic N) is 1. The Morgan fingerprint density at radius 3 is 2.61 bits per heavy atom. The Balaban J connectivity index is 1.78. The summed E-state index contributed by atoms with van der Waals surface area (Å²) in [6.07, 6.45) is 1.91. The lowest BCUT2D eigenvalue weighted by Crippen LogP contribution is -2.47. The first-order valence-corrected chi connectivity index (χ1v) is 7.97. The van der Waals surface area contributed by atoms with Crippen molar-refractivity contribution in [1.82, 2.24) is 10.2 Å². The topological polar surface area (TPSA) is 67.9 Å². The fraction of sp³-hybridized carbons (Fsp3) is 0.529. The molecule has 1 fully saturated rings. The quantitative estimate of drug-likeness (QED) is 0.901. The number of alkyl carbamates (subject to hydrolysis) is 1. The van der Waals surface area contributed by atoms with E-state index in [0.29, 0.717) is 13.1 Å². The second kappa shape index (κ2) is 8.41. The number of aryl methyl sites for hydroxylation is 1. The molecule has 1 heterocycles. The van der Waals surface area contributed by atoms with Crippen LogP contribution in [0, 0.1) is 0 Å². The molecule has 0 atom stereocenters. The summed E-state index contributed by atoms with van der Waals surface area (Å²) >= 11 is 0. The number of methoxy groups -OCH3 is 1. The number of hydrogen-bond donors (Lipinski definition) is 1. The van der Waals surface area contributed by atoms with Gasteiger partial charge in [0, 0.05) is 19.1 Å². The van der Waals surface area contributed by atoms with Crippen LogP contribution < -0.4 is 10.1 Å². The van der Waals surface area contributed by atoms with Crippen LogP contribution >= 0.6 is 0 Å². The number of carbonyl (C=O) groups is 2. The van der Waals surface area contributed by atoms with Crippen LogP contribution in [0.25, 0.3) is 0 Å². The minimum Gasteiger partial charge on any atom is -0.483 e. The van der Waals surface area contributed by atoms with Crippen LogP contribution in [0.1, 0.15) is 25.3 Å². The average molecular weight is 320 g/mol. The van der Waals surface area contributed by atoms with Crippen molar-refractivity contribution in [1.29, 1.82) is 0 Å². The Morgan fingerprint density at radius 1 is 1.26 bits per heavy atom. The Labute approximate surface area is 136 Å². The second-order valence-electron chi connectivity index (χ2n) is 5.54. The highest BCUT2D eigenvalue weighted by atomic mass is 16.5. The number of para-hydroxylation sites is 1. The molecule has 1 saturated heterocycles. The first-order chi connectivity index (χ1) is 11.1. The average Bonchev–Trinajstić information content (AvgIpc) is 2.60. The van der Waals surface area contributed by atoms with E-state index < -0.39 is 6.09 Å². The van der Waals surface area contributed by atoms with Crippen molar-refractivity contribution in [2.45, 2.75) is 32.2 Å². The van der Waals surface area contributed by atoms with Crippen LogP contribution in [-0.4, -0.2) is 49.7 Å². The van der Waals surface area contributed by atoms with Gasteiger partial charge in [0.05, 0.1) is 7.11 Å². The zero-order valence-corrected chi connectivity index (χ0v) is 13.7. The van der Waals surface area contributed by atoms with E-state index in [4.69, 9.17) is 4.74 Å². The van der Waals surface area contributed by atoms with Crippen molar-refractivity contribution < 1.29 is 19.1 Å². The molecule has 0 unspecified atom stereocenters. The van der Waals surface area contributed by atoms with Gasteiger partial charge in [-0.05, 0) is 30.9 Å². The van der Waals surface area contributed by atoms with Crippen molar-refractivity contribution in [3.63, 3.8) is 0 Å². The first-order valence-electron chi connectivity index (χ1n) is 7.97. The molecular formula is C17H24N2O4. The minimum atomic E-state index is -0.422. The summed E-state index contributed by atoms with van der Waals surface area (Å²) in [6, 6.07) is 7.83. The predicted octanol–water partition coefficient (Wildman–Crippen LogP) is 1.97. The van der Waals surface area contributed by atoms with E-state index >= 15 is 0 Å². The largest absolute Gasteiger partial charge is 0.483 e. The highest BCUT2D eigenvalue weighted by Gasteiger charge is 2.24. The van der Waals surface area contributed by atoms with Gasteiger partial charge in [-0.3, -0.25) is 4.79 Å². The summed E-state index contributed by atoms with van der Waals surface area (Å²) in [4.78, 5) is 25.2. The number of nitrogens with one attached hydrogen (secondary N) is 1. The lowest BCUT2D eigenvalue weighted by Gasteiger charge is -2.32. The number of rotatable bonds is 5. The van der Waals surface area contributed by atoms with Gasteiger partial charge >= 0.3 is 6.09 Å². The van der Waals surface area contributed by atoms with E-state index in [1.165, 1.54) is 7.11 Å². The molecule has 1 aliphatic rings. The lowest BCUT2D eigenvalue weighted by molar-refractivity contribution is -0.134. The predicted molar refractivity (Wildman–Crippen MR) is 86.5 cm³/mol. The number of amides is 2. The number of ether oxygens (including phenoxy) is 2. The molecular weight excluding hydrogens is 296 g/mol. The molecule has 6 nitrogen and oxygen atoms in total. The molecule has 1 aliphatic heterocycles. The summed E-state index contributed by atoms with van der Waals surface area (Å²) in [6.45, 7) is 3.34. The van der Waals surface area contributed by atoms with E-state index in [2.05, 4.69) is 17.0 Å². The third-order valence-corrected chi connectivity index (χ3v) is 4.06. The van der Waals surface area contributed by atoms with Gasteiger partial charge in [0.2, 0.25) is 0 Å². The number of carbonyl (C=O) groups excluding carboxylic acids is 2. The molecule has 126 valence electrons. The Morgan fingerprint density at radius 2 is 1.96 bits per heavy atom. The van der Waals surface area contributed by atoms with Gasteiger partial charge in [-0.2, -0.15) is 0 Å². The van der Waals surface area contributed by atoms with Crippen LogP contribution in [0.4, 0.5) is 4.79 Å². The summed E-state index contributed by atoms with van der Waals surface area (Å²) in [7, 11) is 1.35. The number of piperidine rings is 1. The van der Waals surface area contributed by atoms with Gasteiger partial charge in [0.15, 0.2) is 6.61 Å². The maximum atomic E-state index is 12.2. The highest BCUT2D eigenvalue weighted by molar-refractivity contribution is 5.78. The zero-order chi connectivity index (χ0) is 16.7. The number of benzene rings is 1. The van der Waals surface area contributed by atoms with Crippen LogP contribution in [0.2, 0.25) is 0 Å².